The smallest absolute Gasteiger partial charge is 0.0221 e. The molecule has 142 valence electrons. The highest BCUT2D eigenvalue weighted by atomic mass is 15.2. The summed E-state index contributed by atoms with van der Waals surface area (Å²) in [5, 5.41) is 11.5. The average molecular weight is 340 g/mol. The Balaban J connectivity index is 1.88. The van der Waals surface area contributed by atoms with E-state index in [0.29, 0.717) is 24.2 Å². The minimum absolute atomic E-state index is 0.568. The van der Waals surface area contributed by atoms with Crippen LogP contribution in [0.15, 0.2) is 0 Å². The van der Waals surface area contributed by atoms with Gasteiger partial charge in [0.1, 0.15) is 0 Å². The van der Waals surface area contributed by atoms with Crippen molar-refractivity contribution >= 4 is 0 Å². The summed E-state index contributed by atoms with van der Waals surface area (Å²) in [5.41, 5.74) is 0. The lowest BCUT2D eigenvalue weighted by Crippen LogP contribution is -2.58. The Hall–Kier alpha value is -0.200. The lowest BCUT2D eigenvalue weighted by atomic mass is 9.91. The maximum Gasteiger partial charge on any atom is 0.0221 e. The molecule has 2 bridgehead atoms. The Labute approximate surface area is 149 Å². The first kappa shape index (κ1) is 20.1. The van der Waals surface area contributed by atoms with Crippen LogP contribution in [0, 0.1) is 0 Å². The molecule has 24 heavy (non-hydrogen) atoms. The molecule has 0 radical (unpaired) electrons. The van der Waals surface area contributed by atoms with Gasteiger partial charge in [-0.05, 0) is 79.8 Å². The van der Waals surface area contributed by atoms with Crippen LogP contribution in [-0.4, -0.2) is 87.3 Å². The third-order valence-electron chi connectivity index (χ3n) is 5.76. The lowest BCUT2D eigenvalue weighted by Gasteiger charge is -2.38. The van der Waals surface area contributed by atoms with E-state index in [4.69, 9.17) is 0 Å². The van der Waals surface area contributed by atoms with E-state index in [9.17, 15) is 0 Å². The molecule has 4 atom stereocenters. The summed E-state index contributed by atoms with van der Waals surface area (Å²) in [5.74, 6) is 0. The van der Waals surface area contributed by atoms with Crippen LogP contribution in [-0.2, 0) is 0 Å². The number of hydrogen-bond donors (Lipinski definition) is 3. The van der Waals surface area contributed by atoms with Gasteiger partial charge in [0.15, 0.2) is 0 Å². The molecule has 4 unspecified atom stereocenters. The van der Waals surface area contributed by atoms with Gasteiger partial charge in [0.05, 0.1) is 0 Å². The molecule has 2 rings (SSSR count). The molecule has 0 aromatic carbocycles. The van der Waals surface area contributed by atoms with Gasteiger partial charge in [-0.2, -0.15) is 0 Å². The fourth-order valence-electron chi connectivity index (χ4n) is 4.01. The van der Waals surface area contributed by atoms with Crippen LogP contribution >= 0.6 is 0 Å². The Morgan fingerprint density at radius 3 is 1.92 bits per heavy atom. The molecule has 0 aromatic rings. The molecule has 2 aliphatic rings. The molecule has 0 spiro atoms. The zero-order chi connectivity index (χ0) is 17.4. The Morgan fingerprint density at radius 1 is 0.875 bits per heavy atom. The van der Waals surface area contributed by atoms with Crippen LogP contribution < -0.4 is 16.0 Å². The number of piperidine rings is 1. The highest BCUT2D eigenvalue weighted by Crippen LogP contribution is 2.17. The van der Waals surface area contributed by atoms with E-state index in [1.165, 1.54) is 51.7 Å². The van der Waals surface area contributed by atoms with E-state index < -0.39 is 0 Å². The van der Waals surface area contributed by atoms with Crippen molar-refractivity contribution in [2.75, 3.05) is 53.4 Å². The van der Waals surface area contributed by atoms with Crippen molar-refractivity contribution in [2.24, 2.45) is 0 Å². The number of hydrogen-bond acceptors (Lipinski definition) is 5. The predicted molar refractivity (Wildman–Crippen MR) is 104 cm³/mol. The fourth-order valence-corrected chi connectivity index (χ4v) is 4.01. The highest BCUT2D eigenvalue weighted by molar-refractivity contribution is 4.91. The lowest BCUT2D eigenvalue weighted by molar-refractivity contribution is 0.212. The zero-order valence-corrected chi connectivity index (χ0v) is 16.5. The van der Waals surface area contributed by atoms with Gasteiger partial charge >= 0.3 is 0 Å². The Morgan fingerprint density at radius 2 is 1.42 bits per heavy atom. The molecule has 2 saturated heterocycles. The summed E-state index contributed by atoms with van der Waals surface area (Å²) in [7, 11) is 4.34. The van der Waals surface area contributed by atoms with Crippen LogP contribution in [0.2, 0.25) is 0 Å². The van der Waals surface area contributed by atoms with Crippen molar-refractivity contribution in [3.05, 3.63) is 0 Å². The van der Waals surface area contributed by atoms with Gasteiger partial charge in [0.25, 0.3) is 0 Å². The second-order valence-electron chi connectivity index (χ2n) is 8.15. The fraction of sp³-hybridized carbons (Fsp3) is 1.00. The maximum atomic E-state index is 3.91. The van der Waals surface area contributed by atoms with E-state index in [-0.39, 0.29) is 0 Å². The normalized spacial score (nSPS) is 34.9. The van der Waals surface area contributed by atoms with E-state index >= 15 is 0 Å². The maximum absolute atomic E-state index is 3.91. The van der Waals surface area contributed by atoms with Gasteiger partial charge in [0.2, 0.25) is 0 Å². The summed E-state index contributed by atoms with van der Waals surface area (Å²) < 4.78 is 0. The zero-order valence-electron chi connectivity index (χ0n) is 16.5. The molecule has 2 aliphatic heterocycles. The third kappa shape index (κ3) is 6.96. The summed E-state index contributed by atoms with van der Waals surface area (Å²) in [6.45, 7) is 11.7. The van der Waals surface area contributed by atoms with Crippen molar-refractivity contribution in [1.29, 1.82) is 0 Å². The molecular formula is C19H41N5. The minimum Gasteiger partial charge on any atom is -0.313 e. The van der Waals surface area contributed by atoms with Gasteiger partial charge < -0.3 is 25.8 Å². The summed E-state index contributed by atoms with van der Waals surface area (Å²) in [4.78, 5) is 4.93. The number of rotatable bonds is 3. The standard InChI is InChI=1S/C19H41N5/c1-16-18-8-5-9-19(22-18)17(2)21-11-7-13-24(12-6-10-20-16)15-14-23(3)4/h16-22H,5-15H2,1-4H3. The van der Waals surface area contributed by atoms with Crippen LogP contribution in [0.5, 0.6) is 0 Å². The van der Waals surface area contributed by atoms with Crippen molar-refractivity contribution in [3.8, 4) is 0 Å². The van der Waals surface area contributed by atoms with Crippen LogP contribution in [0.3, 0.4) is 0 Å². The molecule has 2 heterocycles. The van der Waals surface area contributed by atoms with Crippen molar-refractivity contribution < 1.29 is 0 Å². The van der Waals surface area contributed by atoms with Crippen molar-refractivity contribution in [2.45, 2.75) is 70.1 Å². The molecule has 2 fully saturated rings. The number of likely N-dealkylation sites (N-methyl/N-ethyl adjacent to an activating group) is 1. The molecule has 0 saturated carbocycles. The third-order valence-corrected chi connectivity index (χ3v) is 5.76. The van der Waals surface area contributed by atoms with E-state index in [0.717, 1.165) is 19.6 Å². The topological polar surface area (TPSA) is 42.6 Å². The molecule has 0 aromatic heterocycles. The number of nitrogens with one attached hydrogen (secondary N) is 3. The molecule has 3 N–H and O–H groups in total. The molecule has 0 amide bonds. The number of fused-ring (bicyclic) bond motifs is 2. The van der Waals surface area contributed by atoms with Crippen LogP contribution in [0.4, 0.5) is 0 Å². The average Bonchev–Trinajstić information content (AvgIpc) is 2.58. The van der Waals surface area contributed by atoms with Crippen molar-refractivity contribution in [3.63, 3.8) is 0 Å². The first-order valence-corrected chi connectivity index (χ1v) is 10.2. The molecule has 5 nitrogen and oxygen atoms in total. The second kappa shape index (κ2) is 10.7. The first-order chi connectivity index (χ1) is 11.6. The van der Waals surface area contributed by atoms with E-state index in [1.807, 2.05) is 0 Å². The minimum atomic E-state index is 0.568. The van der Waals surface area contributed by atoms with Gasteiger partial charge in [-0.15, -0.1) is 0 Å². The Bertz CT molecular complexity index is 312. The van der Waals surface area contributed by atoms with Gasteiger partial charge in [-0.3, -0.25) is 0 Å². The summed E-state index contributed by atoms with van der Waals surface area (Å²) in [6.07, 6.45) is 6.48. The molecule has 0 aliphatic carbocycles. The molecule has 5 heteroatoms. The molecular weight excluding hydrogens is 298 g/mol. The highest BCUT2D eigenvalue weighted by Gasteiger charge is 2.28. The second-order valence-corrected chi connectivity index (χ2v) is 8.15. The van der Waals surface area contributed by atoms with Gasteiger partial charge in [-0.25, -0.2) is 0 Å². The summed E-state index contributed by atoms with van der Waals surface area (Å²) in [6, 6.07) is 2.39. The summed E-state index contributed by atoms with van der Waals surface area (Å²) >= 11 is 0. The monoisotopic (exact) mass is 339 g/mol. The van der Waals surface area contributed by atoms with Gasteiger partial charge in [-0.1, -0.05) is 6.42 Å². The Kier molecular flexibility index (Phi) is 8.98. The van der Waals surface area contributed by atoms with E-state index in [1.54, 1.807) is 0 Å². The quantitative estimate of drug-likeness (QED) is 0.719. The SMILES string of the molecule is CC1NCCCN(CCN(C)C)CCCNC(C)C2CCCC1N2. The number of nitrogens with zero attached hydrogens (tertiary/aromatic N) is 2. The van der Waals surface area contributed by atoms with Crippen molar-refractivity contribution in [1.82, 2.24) is 25.8 Å². The van der Waals surface area contributed by atoms with Crippen LogP contribution in [0.25, 0.3) is 0 Å². The van der Waals surface area contributed by atoms with Crippen LogP contribution in [0.1, 0.15) is 46.0 Å². The predicted octanol–water partition coefficient (Wildman–Crippen LogP) is 1.11. The van der Waals surface area contributed by atoms with Gasteiger partial charge in [0, 0.05) is 37.3 Å². The largest absolute Gasteiger partial charge is 0.313 e. The van der Waals surface area contributed by atoms with E-state index in [2.05, 4.69) is 53.7 Å². The first-order valence-electron chi connectivity index (χ1n) is 10.2.